The second-order valence-electron chi connectivity index (χ2n) is 2.25. The minimum atomic E-state index is 0.924. The van der Waals surface area contributed by atoms with Crippen molar-refractivity contribution in [1.29, 1.82) is 0 Å². The van der Waals surface area contributed by atoms with E-state index in [1.54, 1.807) is 5.37 Å². The van der Waals surface area contributed by atoms with E-state index in [2.05, 4.69) is 5.32 Å². The Labute approximate surface area is 72.4 Å². The average Bonchev–Trinajstić information content (AvgIpc) is 2.07. The summed E-state index contributed by atoms with van der Waals surface area (Å²) in [6, 6.07) is 10.1. The fourth-order valence-electron chi connectivity index (χ4n) is 0.831. The first-order chi connectivity index (χ1) is 5.43. The van der Waals surface area contributed by atoms with Gasteiger partial charge in [-0.25, -0.2) is 0 Å². The maximum absolute atomic E-state index is 4.70. The molecule has 0 aliphatic heterocycles. The van der Waals surface area contributed by atoms with Crippen molar-refractivity contribution in [3.63, 3.8) is 0 Å². The Hall–Kier alpha value is -0.890. The standard InChI is InChI=1S/C9H11NS/c11-8-4-7-10-9-5-2-1-3-6-9/h1-3,5-6,8,10H,4,7H2. The van der Waals surface area contributed by atoms with E-state index in [1.165, 1.54) is 0 Å². The van der Waals surface area contributed by atoms with Crippen LogP contribution in [-0.4, -0.2) is 11.9 Å². The number of rotatable bonds is 4. The molecular formula is C9H11NS. The van der Waals surface area contributed by atoms with Crippen LogP contribution in [-0.2, 0) is 0 Å². The van der Waals surface area contributed by atoms with Crippen LogP contribution in [0.3, 0.4) is 0 Å². The molecule has 1 rings (SSSR count). The minimum absolute atomic E-state index is 0.924. The Bertz CT molecular complexity index is 208. The summed E-state index contributed by atoms with van der Waals surface area (Å²) < 4.78 is 0. The molecule has 0 unspecified atom stereocenters. The van der Waals surface area contributed by atoms with Gasteiger partial charge in [-0.1, -0.05) is 30.4 Å². The summed E-state index contributed by atoms with van der Waals surface area (Å²) in [5.41, 5.74) is 1.16. The molecule has 58 valence electrons. The fourth-order valence-corrected chi connectivity index (χ4v) is 0.949. The molecule has 1 nitrogen and oxygen atoms in total. The highest BCUT2D eigenvalue weighted by Gasteiger charge is 1.85. The van der Waals surface area contributed by atoms with E-state index in [4.69, 9.17) is 12.2 Å². The Morgan fingerprint density at radius 1 is 1.27 bits per heavy atom. The van der Waals surface area contributed by atoms with Gasteiger partial charge in [-0.3, -0.25) is 0 Å². The number of benzene rings is 1. The first-order valence-electron chi connectivity index (χ1n) is 3.66. The Kier molecular flexibility index (Phi) is 3.62. The van der Waals surface area contributed by atoms with Gasteiger partial charge in [-0.2, -0.15) is 0 Å². The molecule has 0 fully saturated rings. The Morgan fingerprint density at radius 2 is 2.00 bits per heavy atom. The van der Waals surface area contributed by atoms with Crippen LogP contribution in [0.2, 0.25) is 0 Å². The lowest BCUT2D eigenvalue weighted by molar-refractivity contribution is 1.14. The van der Waals surface area contributed by atoms with E-state index in [0.717, 1.165) is 18.7 Å². The van der Waals surface area contributed by atoms with Gasteiger partial charge >= 0.3 is 0 Å². The Morgan fingerprint density at radius 3 is 2.64 bits per heavy atom. The van der Waals surface area contributed by atoms with Crippen molar-refractivity contribution >= 4 is 23.3 Å². The molecule has 0 heterocycles. The van der Waals surface area contributed by atoms with Crippen LogP contribution in [0.1, 0.15) is 6.42 Å². The lowest BCUT2D eigenvalue weighted by atomic mass is 10.3. The van der Waals surface area contributed by atoms with E-state index in [-0.39, 0.29) is 0 Å². The molecule has 0 aliphatic carbocycles. The van der Waals surface area contributed by atoms with Gasteiger partial charge in [0.25, 0.3) is 0 Å². The van der Waals surface area contributed by atoms with Gasteiger partial charge < -0.3 is 5.32 Å². The molecule has 0 saturated heterocycles. The van der Waals surface area contributed by atoms with Crippen molar-refractivity contribution in [1.82, 2.24) is 0 Å². The first-order valence-corrected chi connectivity index (χ1v) is 4.13. The van der Waals surface area contributed by atoms with Crippen LogP contribution in [0.5, 0.6) is 0 Å². The highest BCUT2D eigenvalue weighted by molar-refractivity contribution is 7.78. The van der Waals surface area contributed by atoms with Crippen molar-refractivity contribution in [2.75, 3.05) is 11.9 Å². The third-order valence-electron chi connectivity index (χ3n) is 1.37. The topological polar surface area (TPSA) is 12.0 Å². The predicted octanol–water partition coefficient (Wildman–Crippen LogP) is 2.49. The third-order valence-corrected chi connectivity index (χ3v) is 1.60. The van der Waals surface area contributed by atoms with Crippen LogP contribution in [0, 0.1) is 0 Å². The number of para-hydroxylation sites is 1. The number of anilines is 1. The van der Waals surface area contributed by atoms with E-state index in [9.17, 15) is 0 Å². The van der Waals surface area contributed by atoms with Crippen LogP contribution in [0.4, 0.5) is 5.69 Å². The Balaban J connectivity index is 2.33. The first kappa shape index (κ1) is 8.21. The summed E-state index contributed by atoms with van der Waals surface area (Å²) in [7, 11) is 0. The number of hydrogen-bond donors (Lipinski definition) is 1. The van der Waals surface area contributed by atoms with E-state index < -0.39 is 0 Å². The second-order valence-corrected chi connectivity index (χ2v) is 2.58. The molecular weight excluding hydrogens is 154 g/mol. The molecule has 0 atom stereocenters. The molecule has 1 aromatic rings. The van der Waals surface area contributed by atoms with Crippen LogP contribution in [0.15, 0.2) is 30.3 Å². The van der Waals surface area contributed by atoms with E-state index in [1.807, 2.05) is 30.3 Å². The molecule has 0 bridgehead atoms. The van der Waals surface area contributed by atoms with Gasteiger partial charge in [0.15, 0.2) is 0 Å². The molecule has 0 aliphatic rings. The summed E-state index contributed by atoms with van der Waals surface area (Å²) in [6.45, 7) is 0.924. The zero-order valence-corrected chi connectivity index (χ0v) is 7.10. The summed E-state index contributed by atoms with van der Waals surface area (Å²) in [5.74, 6) is 0. The van der Waals surface area contributed by atoms with Gasteiger partial charge in [-0.05, 0) is 23.9 Å². The molecule has 0 amide bonds. The van der Waals surface area contributed by atoms with Gasteiger partial charge in [0, 0.05) is 12.2 Å². The minimum Gasteiger partial charge on any atom is -0.385 e. The van der Waals surface area contributed by atoms with Gasteiger partial charge in [0.1, 0.15) is 0 Å². The normalized spacial score (nSPS) is 9.09. The van der Waals surface area contributed by atoms with Crippen molar-refractivity contribution in [3.8, 4) is 0 Å². The maximum Gasteiger partial charge on any atom is 0.0340 e. The monoisotopic (exact) mass is 165 g/mol. The quantitative estimate of drug-likeness (QED) is 0.543. The van der Waals surface area contributed by atoms with Crippen LogP contribution in [0.25, 0.3) is 0 Å². The van der Waals surface area contributed by atoms with Crippen LogP contribution >= 0.6 is 12.2 Å². The zero-order valence-electron chi connectivity index (χ0n) is 6.29. The second kappa shape index (κ2) is 4.85. The van der Waals surface area contributed by atoms with Crippen LogP contribution < -0.4 is 5.32 Å². The molecule has 0 radical (unpaired) electrons. The number of thiocarbonyl (C=S) groups is 1. The maximum atomic E-state index is 4.70. The van der Waals surface area contributed by atoms with Crippen molar-refractivity contribution in [2.24, 2.45) is 0 Å². The highest BCUT2D eigenvalue weighted by Crippen LogP contribution is 2.03. The van der Waals surface area contributed by atoms with Gasteiger partial charge in [0.05, 0.1) is 0 Å². The molecule has 1 N–H and O–H groups in total. The summed E-state index contributed by atoms with van der Waals surface area (Å²) >= 11 is 4.70. The lowest BCUT2D eigenvalue weighted by Crippen LogP contribution is -2.00. The van der Waals surface area contributed by atoms with E-state index >= 15 is 0 Å². The number of nitrogens with one attached hydrogen (secondary N) is 1. The number of hydrogen-bond acceptors (Lipinski definition) is 2. The summed E-state index contributed by atoms with van der Waals surface area (Å²) in [5, 5.41) is 4.99. The molecule has 1 aromatic carbocycles. The molecule has 0 aromatic heterocycles. The average molecular weight is 165 g/mol. The molecule has 0 spiro atoms. The highest BCUT2D eigenvalue weighted by atomic mass is 32.1. The zero-order chi connectivity index (χ0) is 7.94. The summed E-state index contributed by atoms with van der Waals surface area (Å²) in [6.07, 6.45) is 0.935. The fraction of sp³-hybridized carbons (Fsp3) is 0.222. The molecule has 11 heavy (non-hydrogen) atoms. The molecule has 2 heteroatoms. The van der Waals surface area contributed by atoms with Crippen molar-refractivity contribution in [3.05, 3.63) is 30.3 Å². The molecule has 0 saturated carbocycles. The smallest absolute Gasteiger partial charge is 0.0340 e. The third kappa shape index (κ3) is 3.14. The van der Waals surface area contributed by atoms with Gasteiger partial charge in [-0.15, -0.1) is 0 Å². The predicted molar refractivity (Wildman–Crippen MR) is 53.2 cm³/mol. The van der Waals surface area contributed by atoms with Gasteiger partial charge in [0.2, 0.25) is 0 Å². The van der Waals surface area contributed by atoms with E-state index in [0.29, 0.717) is 0 Å². The largest absolute Gasteiger partial charge is 0.385 e. The van der Waals surface area contributed by atoms with Crippen molar-refractivity contribution in [2.45, 2.75) is 6.42 Å². The summed E-state index contributed by atoms with van der Waals surface area (Å²) in [4.78, 5) is 0. The lowest BCUT2D eigenvalue weighted by Gasteiger charge is -2.01. The van der Waals surface area contributed by atoms with Crippen molar-refractivity contribution < 1.29 is 0 Å². The SMILES string of the molecule is S=CCCNc1ccccc1.